The van der Waals surface area contributed by atoms with Gasteiger partial charge in [-0.1, -0.05) is 23.7 Å². The van der Waals surface area contributed by atoms with Crippen LogP contribution < -0.4 is 15.2 Å². The van der Waals surface area contributed by atoms with E-state index in [1.807, 2.05) is 42.1 Å². The van der Waals surface area contributed by atoms with Crippen LogP contribution in [0, 0.1) is 0 Å². The van der Waals surface area contributed by atoms with E-state index in [4.69, 9.17) is 16.3 Å². The van der Waals surface area contributed by atoms with E-state index in [0.29, 0.717) is 16.0 Å². The molecular weight excluding hydrogens is 468 g/mol. The van der Waals surface area contributed by atoms with E-state index in [1.165, 1.54) is 0 Å². The molecule has 1 aliphatic heterocycles. The monoisotopic (exact) mass is 490 g/mol. The largest absolute Gasteiger partial charge is 0.495 e. The number of hydrogen-bond donors (Lipinski definition) is 0. The van der Waals surface area contributed by atoms with Crippen molar-refractivity contribution in [2.45, 2.75) is 6.54 Å². The molecule has 2 aromatic carbocycles. The molecule has 0 amide bonds. The fourth-order valence-electron chi connectivity index (χ4n) is 3.91. The summed E-state index contributed by atoms with van der Waals surface area (Å²) < 4.78 is 9.70. The average Bonchev–Trinajstić information content (AvgIpc) is 2.98. The first-order valence-corrected chi connectivity index (χ1v) is 11.0. The van der Waals surface area contributed by atoms with Crippen LogP contribution in [0.3, 0.4) is 0 Å². The zero-order chi connectivity index (χ0) is 21.3. The molecule has 1 aliphatic rings. The van der Waals surface area contributed by atoms with Gasteiger partial charge in [-0.2, -0.15) is 0 Å². The summed E-state index contributed by atoms with van der Waals surface area (Å²) in [6.45, 7) is 4.33. The second-order valence-electron chi connectivity index (χ2n) is 7.31. The highest BCUT2D eigenvalue weighted by Crippen LogP contribution is 2.29. The van der Waals surface area contributed by atoms with E-state index in [9.17, 15) is 4.79 Å². The van der Waals surface area contributed by atoms with Crippen molar-refractivity contribution >= 4 is 33.2 Å². The van der Waals surface area contributed by atoms with Crippen molar-refractivity contribution in [3.63, 3.8) is 0 Å². The van der Waals surface area contributed by atoms with Crippen molar-refractivity contribution in [1.29, 1.82) is 0 Å². The van der Waals surface area contributed by atoms with Crippen LogP contribution in [-0.2, 0) is 13.6 Å². The summed E-state index contributed by atoms with van der Waals surface area (Å²) in [7, 11) is 3.62. The molecule has 6 nitrogen and oxygen atoms in total. The lowest BCUT2D eigenvalue weighted by Crippen LogP contribution is -2.46. The predicted molar refractivity (Wildman–Crippen MR) is 124 cm³/mol. The molecule has 30 heavy (non-hydrogen) atoms. The summed E-state index contributed by atoms with van der Waals surface area (Å²) in [6.07, 6.45) is 0. The molecule has 4 rings (SSSR count). The fraction of sp³-hybridized carbons (Fsp3) is 0.318. The first kappa shape index (κ1) is 21.0. The third kappa shape index (κ3) is 4.02. The number of ether oxygens (including phenoxy) is 1. The Labute approximate surface area is 189 Å². The van der Waals surface area contributed by atoms with Crippen molar-refractivity contribution in [3.8, 4) is 11.4 Å². The van der Waals surface area contributed by atoms with E-state index in [1.54, 1.807) is 23.9 Å². The Morgan fingerprint density at radius 1 is 1.03 bits per heavy atom. The van der Waals surface area contributed by atoms with Crippen LogP contribution in [-0.4, -0.2) is 47.6 Å². The molecule has 3 aromatic rings. The number of para-hydroxylation sites is 2. The molecule has 0 atom stereocenters. The van der Waals surface area contributed by atoms with Crippen LogP contribution in [0.2, 0.25) is 5.02 Å². The van der Waals surface area contributed by atoms with E-state index >= 15 is 0 Å². The smallest absolute Gasteiger partial charge is 0.286 e. The summed E-state index contributed by atoms with van der Waals surface area (Å²) in [4.78, 5) is 17.6. The molecule has 0 N–H and O–H groups in total. The molecule has 1 saturated heterocycles. The van der Waals surface area contributed by atoms with Gasteiger partial charge in [0.05, 0.1) is 24.2 Å². The lowest BCUT2D eigenvalue weighted by molar-refractivity contribution is 0.242. The van der Waals surface area contributed by atoms with E-state index in [0.717, 1.165) is 49.0 Å². The standard InChI is InChI=1S/C22H24BrClN4O2/c1-25-19(21(23)22(29)28(25)17-9-7-16(24)8-10-17)15-26-11-13-27(14-12-26)18-5-3-4-6-20(18)30-2/h3-10H,11-15H2,1-2H3. The van der Waals surface area contributed by atoms with Crippen molar-refractivity contribution in [2.75, 3.05) is 38.2 Å². The summed E-state index contributed by atoms with van der Waals surface area (Å²) >= 11 is 9.52. The molecule has 2 heterocycles. The maximum Gasteiger partial charge on any atom is 0.286 e. The molecule has 0 radical (unpaired) electrons. The minimum atomic E-state index is -0.0671. The van der Waals surface area contributed by atoms with Gasteiger partial charge in [0.25, 0.3) is 5.56 Å². The third-order valence-corrected chi connectivity index (χ3v) is 6.62. The van der Waals surface area contributed by atoms with Crippen molar-refractivity contribution < 1.29 is 4.74 Å². The van der Waals surface area contributed by atoms with Crippen molar-refractivity contribution in [1.82, 2.24) is 14.3 Å². The Bertz CT molecular complexity index is 1090. The second kappa shape index (κ2) is 8.88. The minimum Gasteiger partial charge on any atom is -0.495 e. The number of hydrogen-bond acceptors (Lipinski definition) is 4. The Kier molecular flexibility index (Phi) is 6.22. The number of methoxy groups -OCH3 is 1. The van der Waals surface area contributed by atoms with Gasteiger partial charge in [-0.15, -0.1) is 0 Å². The molecule has 0 bridgehead atoms. The maximum absolute atomic E-state index is 12.9. The van der Waals surface area contributed by atoms with Gasteiger partial charge in [0.2, 0.25) is 0 Å². The summed E-state index contributed by atoms with van der Waals surface area (Å²) in [5.41, 5.74) is 2.81. The molecule has 0 aliphatic carbocycles. The number of piperazine rings is 1. The third-order valence-electron chi connectivity index (χ3n) is 5.57. The van der Waals surface area contributed by atoms with Crippen LogP contribution >= 0.6 is 27.5 Å². The molecule has 1 aromatic heterocycles. The van der Waals surface area contributed by atoms with Gasteiger partial charge in [0.1, 0.15) is 10.2 Å². The van der Waals surface area contributed by atoms with Crippen LogP contribution in [0.25, 0.3) is 5.69 Å². The van der Waals surface area contributed by atoms with Gasteiger partial charge in [-0.25, -0.2) is 4.68 Å². The Morgan fingerprint density at radius 2 is 1.70 bits per heavy atom. The van der Waals surface area contributed by atoms with Crippen LogP contribution in [0.5, 0.6) is 5.75 Å². The van der Waals surface area contributed by atoms with Gasteiger partial charge in [-0.05, 0) is 52.3 Å². The molecule has 8 heteroatoms. The van der Waals surface area contributed by atoms with Crippen molar-refractivity contribution in [2.24, 2.45) is 7.05 Å². The summed E-state index contributed by atoms with van der Waals surface area (Å²) in [5.74, 6) is 0.899. The molecule has 0 saturated carbocycles. The molecular formula is C22H24BrClN4O2. The van der Waals surface area contributed by atoms with E-state index in [-0.39, 0.29) is 5.56 Å². The van der Waals surface area contributed by atoms with Gasteiger partial charge in [-0.3, -0.25) is 14.4 Å². The van der Waals surface area contributed by atoms with Gasteiger partial charge in [0.15, 0.2) is 0 Å². The zero-order valence-corrected chi connectivity index (χ0v) is 19.4. The van der Waals surface area contributed by atoms with Crippen molar-refractivity contribution in [3.05, 3.63) is 74.1 Å². The fourth-order valence-corrected chi connectivity index (χ4v) is 4.59. The zero-order valence-electron chi connectivity index (χ0n) is 17.0. The van der Waals surface area contributed by atoms with E-state index in [2.05, 4.69) is 31.8 Å². The first-order valence-electron chi connectivity index (χ1n) is 9.82. The highest BCUT2D eigenvalue weighted by Gasteiger charge is 2.23. The Hall–Kier alpha value is -2.22. The van der Waals surface area contributed by atoms with Crippen LogP contribution in [0.4, 0.5) is 5.69 Å². The van der Waals surface area contributed by atoms with Crippen LogP contribution in [0.15, 0.2) is 57.8 Å². The normalized spacial score (nSPS) is 14.9. The molecule has 0 spiro atoms. The number of benzene rings is 2. The number of anilines is 1. The topological polar surface area (TPSA) is 42.6 Å². The second-order valence-corrected chi connectivity index (χ2v) is 8.54. The SMILES string of the molecule is COc1ccccc1N1CCN(Cc2c(Br)c(=O)n(-c3ccc(Cl)cc3)n2C)CC1. The maximum atomic E-state index is 12.9. The van der Waals surface area contributed by atoms with Gasteiger partial charge in [0, 0.05) is 44.8 Å². The lowest BCUT2D eigenvalue weighted by atomic mass is 10.2. The number of nitrogens with zero attached hydrogens (tertiary/aromatic N) is 4. The minimum absolute atomic E-state index is 0.0671. The van der Waals surface area contributed by atoms with Gasteiger partial charge < -0.3 is 9.64 Å². The molecule has 0 unspecified atom stereocenters. The molecule has 158 valence electrons. The lowest BCUT2D eigenvalue weighted by Gasteiger charge is -2.36. The predicted octanol–water partition coefficient (Wildman–Crippen LogP) is 3.92. The first-order chi connectivity index (χ1) is 14.5. The number of rotatable bonds is 5. The Morgan fingerprint density at radius 3 is 2.37 bits per heavy atom. The molecule has 1 fully saturated rings. The highest BCUT2D eigenvalue weighted by atomic mass is 79.9. The highest BCUT2D eigenvalue weighted by molar-refractivity contribution is 9.10. The summed E-state index contributed by atoms with van der Waals surface area (Å²) in [6, 6.07) is 15.4. The quantitative estimate of drug-likeness (QED) is 0.543. The van der Waals surface area contributed by atoms with Gasteiger partial charge >= 0.3 is 0 Å². The average molecular weight is 492 g/mol. The Balaban J connectivity index is 1.50. The van der Waals surface area contributed by atoms with Crippen LogP contribution in [0.1, 0.15) is 5.69 Å². The number of halogens is 2. The number of aromatic nitrogens is 2. The summed E-state index contributed by atoms with van der Waals surface area (Å²) in [5, 5.41) is 0.646. The van der Waals surface area contributed by atoms with E-state index < -0.39 is 0 Å².